The lowest BCUT2D eigenvalue weighted by molar-refractivity contribution is -0.114. The minimum Gasteiger partial charge on any atom is -0.438 e. The van der Waals surface area contributed by atoms with Crippen molar-refractivity contribution in [3.8, 4) is 11.4 Å². The number of aromatic nitrogens is 4. The molecule has 162 valence electrons. The molecule has 1 aromatic carbocycles. The van der Waals surface area contributed by atoms with Crippen molar-refractivity contribution in [2.45, 2.75) is 26.9 Å². The van der Waals surface area contributed by atoms with Crippen molar-refractivity contribution >= 4 is 23.5 Å². The van der Waals surface area contributed by atoms with E-state index in [0.717, 1.165) is 5.56 Å². The lowest BCUT2D eigenvalue weighted by Gasteiger charge is -2.16. The Morgan fingerprint density at radius 3 is 2.61 bits per heavy atom. The van der Waals surface area contributed by atoms with Crippen LogP contribution in [0.15, 0.2) is 36.4 Å². The first-order chi connectivity index (χ1) is 14.8. The van der Waals surface area contributed by atoms with Crippen LogP contribution in [0, 0.1) is 13.8 Å². The highest BCUT2D eigenvalue weighted by molar-refractivity contribution is 5.90. The Bertz CT molecular complexity index is 1110. The minimum atomic E-state index is -1.04. The van der Waals surface area contributed by atoms with Crippen LogP contribution in [-0.2, 0) is 16.6 Å². The summed E-state index contributed by atoms with van der Waals surface area (Å²) >= 11 is 0. The van der Waals surface area contributed by atoms with Crippen molar-refractivity contribution in [2.75, 3.05) is 17.3 Å². The molecule has 0 aliphatic heterocycles. The molecule has 2 N–H and O–H groups in total. The zero-order valence-electron chi connectivity index (χ0n) is 17.6. The van der Waals surface area contributed by atoms with Crippen LogP contribution in [-0.4, -0.2) is 38.7 Å². The lowest BCUT2D eigenvalue weighted by atomic mass is 10.1. The molecule has 10 heteroatoms. The summed E-state index contributed by atoms with van der Waals surface area (Å²) in [7, 11) is 1.60. The Morgan fingerprint density at radius 1 is 1.19 bits per heavy atom. The number of anilines is 2. The third-order valence-corrected chi connectivity index (χ3v) is 4.49. The van der Waals surface area contributed by atoms with E-state index in [2.05, 4.69) is 25.9 Å². The van der Waals surface area contributed by atoms with E-state index in [-0.39, 0.29) is 11.7 Å². The summed E-state index contributed by atoms with van der Waals surface area (Å²) in [4.78, 5) is 28.2. The molecule has 0 saturated carbocycles. The summed E-state index contributed by atoms with van der Waals surface area (Å²) < 4.78 is 20.2. The van der Waals surface area contributed by atoms with Gasteiger partial charge in [-0.05, 0) is 31.5 Å². The van der Waals surface area contributed by atoms with E-state index in [9.17, 15) is 14.0 Å². The van der Waals surface area contributed by atoms with Gasteiger partial charge in [0, 0.05) is 14.0 Å². The summed E-state index contributed by atoms with van der Waals surface area (Å²) in [6.45, 7) is 4.16. The largest absolute Gasteiger partial charge is 0.438 e. The number of nitrogens with zero attached hydrogens (tertiary/aromatic N) is 4. The molecule has 0 bridgehead atoms. The third kappa shape index (κ3) is 5.21. The standard InChI is InChI=1S/C21H23FN6O3/c1-12-6-5-7-15(10-12)18(11-22)31-21(30)25-20-19(26-27-28(20)4)17-9-8-16(13(2)23-17)24-14(3)29/h5-10,18H,11H2,1-4H3,(H,24,29)(H,25,30)/t18-/m1/s1. The second kappa shape index (κ2) is 9.33. The number of carbonyl (C=O) groups is 2. The van der Waals surface area contributed by atoms with Gasteiger partial charge in [0.1, 0.15) is 6.67 Å². The molecule has 2 heterocycles. The molecule has 31 heavy (non-hydrogen) atoms. The molecule has 2 amide bonds. The van der Waals surface area contributed by atoms with Crippen molar-refractivity contribution < 1.29 is 18.7 Å². The van der Waals surface area contributed by atoms with Gasteiger partial charge in [0.05, 0.1) is 17.1 Å². The van der Waals surface area contributed by atoms with Crippen molar-refractivity contribution in [3.05, 3.63) is 53.2 Å². The molecule has 1 atom stereocenters. The summed E-state index contributed by atoms with van der Waals surface area (Å²) in [5.41, 5.74) is 3.39. The maximum absolute atomic E-state index is 13.5. The maximum atomic E-state index is 13.5. The quantitative estimate of drug-likeness (QED) is 0.622. The predicted octanol–water partition coefficient (Wildman–Crippen LogP) is 3.71. The Hall–Kier alpha value is -3.82. The number of nitrogens with one attached hydrogen (secondary N) is 2. The average Bonchev–Trinajstić information content (AvgIpc) is 3.07. The topological polar surface area (TPSA) is 111 Å². The smallest absolute Gasteiger partial charge is 0.413 e. The van der Waals surface area contributed by atoms with E-state index in [4.69, 9.17) is 4.74 Å². The molecule has 2 aromatic heterocycles. The van der Waals surface area contributed by atoms with Crippen molar-refractivity contribution in [3.63, 3.8) is 0 Å². The van der Waals surface area contributed by atoms with Crippen LogP contribution in [0.2, 0.25) is 0 Å². The van der Waals surface area contributed by atoms with E-state index in [1.165, 1.54) is 11.6 Å². The van der Waals surface area contributed by atoms with E-state index in [0.29, 0.717) is 28.3 Å². The number of aryl methyl sites for hydroxylation is 3. The fourth-order valence-corrected chi connectivity index (χ4v) is 3.00. The lowest BCUT2D eigenvalue weighted by Crippen LogP contribution is -2.20. The van der Waals surface area contributed by atoms with Crippen molar-refractivity contribution in [2.24, 2.45) is 7.05 Å². The van der Waals surface area contributed by atoms with Gasteiger partial charge in [-0.1, -0.05) is 35.0 Å². The number of amides is 2. The van der Waals surface area contributed by atoms with E-state index in [1.807, 2.05) is 13.0 Å². The van der Waals surface area contributed by atoms with Crippen molar-refractivity contribution in [1.29, 1.82) is 0 Å². The molecule has 0 spiro atoms. The second-order valence-electron chi connectivity index (χ2n) is 7.01. The number of alkyl halides is 1. The number of hydrogen-bond donors (Lipinski definition) is 2. The number of rotatable bonds is 6. The van der Waals surface area contributed by atoms with Gasteiger partial charge in [-0.3, -0.25) is 10.1 Å². The third-order valence-electron chi connectivity index (χ3n) is 4.49. The normalized spacial score (nSPS) is 11.6. The first kappa shape index (κ1) is 21.9. The molecule has 0 saturated heterocycles. The highest BCUT2D eigenvalue weighted by Crippen LogP contribution is 2.27. The zero-order valence-corrected chi connectivity index (χ0v) is 17.6. The van der Waals surface area contributed by atoms with Gasteiger partial charge in [-0.25, -0.2) is 18.9 Å². The molecule has 0 radical (unpaired) electrons. The van der Waals surface area contributed by atoms with Gasteiger partial charge in [0.15, 0.2) is 17.6 Å². The van der Waals surface area contributed by atoms with Gasteiger partial charge >= 0.3 is 6.09 Å². The van der Waals surface area contributed by atoms with Crippen LogP contribution in [0.4, 0.5) is 20.7 Å². The molecule has 0 unspecified atom stereocenters. The van der Waals surface area contributed by atoms with E-state index < -0.39 is 18.9 Å². The Labute approximate surface area is 178 Å². The minimum absolute atomic E-state index is 0.210. The van der Waals surface area contributed by atoms with Gasteiger partial charge in [-0.2, -0.15) is 0 Å². The fourth-order valence-electron chi connectivity index (χ4n) is 3.00. The Morgan fingerprint density at radius 2 is 1.97 bits per heavy atom. The van der Waals surface area contributed by atoms with Crippen LogP contribution in [0.5, 0.6) is 0 Å². The Balaban J connectivity index is 1.80. The molecule has 0 fully saturated rings. The van der Waals surface area contributed by atoms with Crippen molar-refractivity contribution in [1.82, 2.24) is 20.0 Å². The van der Waals surface area contributed by atoms with Crippen LogP contribution in [0.1, 0.15) is 29.8 Å². The Kier molecular flexibility index (Phi) is 6.58. The maximum Gasteiger partial charge on any atom is 0.413 e. The molecule has 3 aromatic rings. The monoisotopic (exact) mass is 426 g/mol. The van der Waals surface area contributed by atoms with E-state index in [1.54, 1.807) is 44.3 Å². The molecular weight excluding hydrogens is 403 g/mol. The first-order valence-electron chi connectivity index (χ1n) is 9.54. The fraction of sp³-hybridized carbons (Fsp3) is 0.286. The van der Waals surface area contributed by atoms with Gasteiger partial charge in [0.2, 0.25) is 5.91 Å². The number of benzene rings is 1. The van der Waals surface area contributed by atoms with Gasteiger partial charge < -0.3 is 10.1 Å². The predicted molar refractivity (Wildman–Crippen MR) is 113 cm³/mol. The molecule has 9 nitrogen and oxygen atoms in total. The molecule has 0 aliphatic rings. The second-order valence-corrected chi connectivity index (χ2v) is 7.01. The summed E-state index contributed by atoms with van der Waals surface area (Å²) in [5.74, 6) is 0.0318. The number of carbonyl (C=O) groups excluding carboxylic acids is 2. The van der Waals surface area contributed by atoms with Crippen LogP contribution in [0.3, 0.4) is 0 Å². The van der Waals surface area contributed by atoms with Crippen LogP contribution in [0.25, 0.3) is 11.4 Å². The summed E-state index contributed by atoms with van der Waals surface area (Å²) in [6, 6.07) is 10.4. The molecule has 0 aliphatic carbocycles. The SMILES string of the molecule is CC(=O)Nc1ccc(-c2nnn(C)c2NC(=O)O[C@H](CF)c2cccc(C)c2)nc1C. The van der Waals surface area contributed by atoms with E-state index >= 15 is 0 Å². The number of halogens is 1. The molecular formula is C21H23FN6O3. The highest BCUT2D eigenvalue weighted by atomic mass is 19.1. The number of hydrogen-bond acceptors (Lipinski definition) is 6. The summed E-state index contributed by atoms with van der Waals surface area (Å²) in [6.07, 6.45) is -1.88. The average molecular weight is 426 g/mol. The molecule has 3 rings (SSSR count). The van der Waals surface area contributed by atoms with Crippen LogP contribution < -0.4 is 10.6 Å². The number of ether oxygens (including phenoxy) is 1. The number of pyridine rings is 1. The highest BCUT2D eigenvalue weighted by Gasteiger charge is 2.21. The van der Waals surface area contributed by atoms with Crippen LogP contribution >= 0.6 is 0 Å². The van der Waals surface area contributed by atoms with Gasteiger partial charge in [-0.15, -0.1) is 5.10 Å². The summed E-state index contributed by atoms with van der Waals surface area (Å²) in [5, 5.41) is 13.2. The first-order valence-corrected chi connectivity index (χ1v) is 9.54. The zero-order chi connectivity index (χ0) is 22.5. The van der Waals surface area contributed by atoms with Gasteiger partial charge in [0.25, 0.3) is 0 Å².